The van der Waals surface area contributed by atoms with E-state index in [4.69, 9.17) is 0 Å². The van der Waals surface area contributed by atoms with Crippen LogP contribution < -0.4 is 4.72 Å². The quantitative estimate of drug-likeness (QED) is 0.638. The van der Waals surface area contributed by atoms with E-state index in [-0.39, 0.29) is 29.6 Å². The largest absolute Gasteiger partial charge is 0.261 e. The molecule has 1 heterocycles. The molecule has 1 radical (unpaired) electrons. The number of benzene rings is 1. The van der Waals surface area contributed by atoms with Crippen LogP contribution in [0.3, 0.4) is 0 Å². The van der Waals surface area contributed by atoms with Crippen molar-refractivity contribution in [1.82, 2.24) is 4.98 Å². The molecule has 1 N–H and O–H groups in total. The molecule has 0 fully saturated rings. The number of hydrogen-bond donors (Lipinski definition) is 2. The number of thiol groups is 1. The molecule has 1 aromatic carbocycles. The Bertz CT molecular complexity index is 545. The molecule has 7 heteroatoms. The molecule has 0 aliphatic heterocycles. The van der Waals surface area contributed by atoms with E-state index in [2.05, 4.69) is 9.71 Å². The molecule has 4 nitrogen and oxygen atoms in total. The molecule has 1 aromatic heterocycles. The second-order valence-corrected chi connectivity index (χ2v) is 5.06. The molecular formula is C9H10N2NaO2S2. The van der Waals surface area contributed by atoms with Crippen molar-refractivity contribution in [1.29, 1.82) is 0 Å². The van der Waals surface area contributed by atoms with Crippen molar-refractivity contribution in [3.05, 3.63) is 23.3 Å². The van der Waals surface area contributed by atoms with E-state index < -0.39 is 10.9 Å². The van der Waals surface area contributed by atoms with Gasteiger partial charge in [0, 0.05) is 29.6 Å². The van der Waals surface area contributed by atoms with Crippen LogP contribution in [0.1, 0.15) is 11.1 Å². The summed E-state index contributed by atoms with van der Waals surface area (Å²) < 4.78 is 24.2. The molecule has 0 aliphatic carbocycles. The standard InChI is InChI=1S/C9H10N2O2S2.Na/c1-5-3-7-8(4-6(5)2)14-9(10-7)11-15(12)13;/h3-4,15H,1-2H3,(H,10,11,12,13);. The molecule has 0 aliphatic rings. The Balaban J connectivity index is 0.00000128. The predicted molar refractivity (Wildman–Crippen MR) is 68.8 cm³/mol. The maximum atomic E-state index is 10.5. The molecule has 0 unspecified atom stereocenters. The van der Waals surface area contributed by atoms with Crippen molar-refractivity contribution in [3.63, 3.8) is 0 Å². The van der Waals surface area contributed by atoms with Crippen LogP contribution in [0.2, 0.25) is 0 Å². The van der Waals surface area contributed by atoms with Gasteiger partial charge >= 0.3 is 0 Å². The number of thiazole rings is 1. The fraction of sp³-hybridized carbons (Fsp3) is 0.222. The summed E-state index contributed by atoms with van der Waals surface area (Å²) in [7, 11) is -2.63. The summed E-state index contributed by atoms with van der Waals surface area (Å²) in [4.78, 5) is 4.18. The number of fused-ring (bicyclic) bond motifs is 1. The van der Waals surface area contributed by atoms with E-state index in [1.165, 1.54) is 16.9 Å². The summed E-state index contributed by atoms with van der Waals surface area (Å²) in [5.41, 5.74) is 3.18. The fourth-order valence-electron chi connectivity index (χ4n) is 1.31. The SMILES string of the molecule is Cc1cc2nc(N[SH](=O)=O)sc2cc1C.[Na]. The second kappa shape index (κ2) is 5.46. The van der Waals surface area contributed by atoms with Crippen LogP contribution in [0.4, 0.5) is 5.13 Å². The summed E-state index contributed by atoms with van der Waals surface area (Å²) in [5.74, 6) is 0. The molecule has 0 amide bonds. The third-order valence-electron chi connectivity index (χ3n) is 2.19. The number of rotatable bonds is 2. The Kier molecular flexibility index (Phi) is 4.75. The van der Waals surface area contributed by atoms with Crippen LogP contribution in [0.5, 0.6) is 0 Å². The van der Waals surface area contributed by atoms with Gasteiger partial charge in [-0.2, -0.15) is 0 Å². The van der Waals surface area contributed by atoms with Gasteiger partial charge in [-0.3, -0.25) is 4.72 Å². The van der Waals surface area contributed by atoms with Crippen molar-refractivity contribution >= 4 is 67.1 Å². The van der Waals surface area contributed by atoms with E-state index in [1.807, 2.05) is 26.0 Å². The van der Waals surface area contributed by atoms with E-state index in [1.54, 1.807) is 0 Å². The van der Waals surface area contributed by atoms with E-state index in [9.17, 15) is 8.42 Å². The zero-order valence-corrected chi connectivity index (χ0v) is 13.0. The zero-order valence-electron chi connectivity index (χ0n) is 9.27. The molecule has 0 spiro atoms. The maximum absolute atomic E-state index is 10.5. The summed E-state index contributed by atoms with van der Waals surface area (Å²) in [5, 5.41) is 0.422. The zero-order chi connectivity index (χ0) is 11.0. The van der Waals surface area contributed by atoms with Gasteiger partial charge in [0.25, 0.3) is 0 Å². The second-order valence-electron chi connectivity index (χ2n) is 3.29. The monoisotopic (exact) mass is 265 g/mol. The molecular weight excluding hydrogens is 255 g/mol. The minimum absolute atomic E-state index is 0. The number of nitrogens with one attached hydrogen (secondary N) is 1. The molecule has 2 rings (SSSR count). The van der Waals surface area contributed by atoms with Crippen LogP contribution >= 0.6 is 11.3 Å². The van der Waals surface area contributed by atoms with Gasteiger partial charge in [0.1, 0.15) is 0 Å². The molecule has 0 saturated heterocycles. The Morgan fingerprint density at radius 3 is 2.50 bits per heavy atom. The molecule has 0 saturated carbocycles. The Morgan fingerprint density at radius 1 is 1.25 bits per heavy atom. The van der Waals surface area contributed by atoms with Gasteiger partial charge in [0.05, 0.1) is 10.2 Å². The Morgan fingerprint density at radius 2 is 1.88 bits per heavy atom. The van der Waals surface area contributed by atoms with Crippen LogP contribution in [0.15, 0.2) is 12.1 Å². The van der Waals surface area contributed by atoms with Gasteiger partial charge in [0.2, 0.25) is 10.9 Å². The van der Waals surface area contributed by atoms with Crippen LogP contribution in [-0.2, 0) is 10.9 Å². The Hall–Kier alpha value is -0.140. The van der Waals surface area contributed by atoms with E-state index in [0.717, 1.165) is 15.8 Å². The molecule has 0 atom stereocenters. The first-order chi connectivity index (χ1) is 7.06. The first kappa shape index (κ1) is 13.9. The smallest absolute Gasteiger partial charge is 0.224 e. The third-order valence-corrected chi connectivity index (χ3v) is 3.67. The normalized spacial score (nSPS) is 10.4. The predicted octanol–water partition coefficient (Wildman–Crippen LogP) is 1.47. The van der Waals surface area contributed by atoms with Gasteiger partial charge in [-0.1, -0.05) is 11.3 Å². The Labute approximate surface area is 121 Å². The third kappa shape index (κ3) is 2.95. The van der Waals surface area contributed by atoms with E-state index in [0.29, 0.717) is 5.13 Å². The first-order valence-electron chi connectivity index (χ1n) is 4.35. The van der Waals surface area contributed by atoms with Gasteiger partial charge in [-0.15, -0.1) is 0 Å². The minimum atomic E-state index is -2.63. The van der Waals surface area contributed by atoms with Crippen molar-refractivity contribution in [3.8, 4) is 0 Å². The molecule has 0 bridgehead atoms. The molecule has 16 heavy (non-hydrogen) atoms. The average molecular weight is 265 g/mol. The number of anilines is 1. The van der Waals surface area contributed by atoms with Crippen molar-refractivity contribution in [2.24, 2.45) is 0 Å². The minimum Gasteiger partial charge on any atom is -0.261 e. The van der Waals surface area contributed by atoms with Gasteiger partial charge < -0.3 is 0 Å². The summed E-state index contributed by atoms with van der Waals surface area (Å²) >= 11 is 1.34. The van der Waals surface area contributed by atoms with Crippen molar-refractivity contribution in [2.45, 2.75) is 13.8 Å². The molecule has 81 valence electrons. The van der Waals surface area contributed by atoms with Crippen molar-refractivity contribution in [2.75, 3.05) is 4.72 Å². The number of aromatic nitrogens is 1. The van der Waals surface area contributed by atoms with Crippen LogP contribution in [0, 0.1) is 13.8 Å². The summed E-state index contributed by atoms with van der Waals surface area (Å²) in [6.07, 6.45) is 0. The van der Waals surface area contributed by atoms with Crippen LogP contribution in [0.25, 0.3) is 10.2 Å². The summed E-state index contributed by atoms with van der Waals surface area (Å²) in [6.45, 7) is 4.03. The van der Waals surface area contributed by atoms with Gasteiger partial charge in [-0.05, 0) is 37.1 Å². The number of nitrogens with zero attached hydrogens (tertiary/aromatic N) is 1. The van der Waals surface area contributed by atoms with Gasteiger partial charge in [0.15, 0.2) is 5.13 Å². The van der Waals surface area contributed by atoms with Crippen molar-refractivity contribution < 1.29 is 8.42 Å². The molecule has 2 aromatic rings. The topological polar surface area (TPSA) is 59.1 Å². The average Bonchev–Trinajstić information content (AvgIpc) is 2.46. The summed E-state index contributed by atoms with van der Waals surface area (Å²) in [6, 6.07) is 3.98. The number of hydrogen-bond acceptors (Lipinski definition) is 4. The first-order valence-corrected chi connectivity index (χ1v) is 6.34. The fourth-order valence-corrected chi connectivity index (χ4v) is 2.72. The van der Waals surface area contributed by atoms with E-state index >= 15 is 0 Å². The van der Waals surface area contributed by atoms with Gasteiger partial charge in [-0.25, -0.2) is 13.4 Å². The van der Waals surface area contributed by atoms with Crippen LogP contribution in [-0.4, -0.2) is 43.0 Å². The maximum Gasteiger partial charge on any atom is 0.224 e. The number of aryl methyl sites for hydroxylation is 2.